The molecular formula is C17H21N. The van der Waals surface area contributed by atoms with E-state index in [2.05, 4.69) is 73.8 Å². The van der Waals surface area contributed by atoms with Crippen molar-refractivity contribution in [1.82, 2.24) is 0 Å². The summed E-state index contributed by atoms with van der Waals surface area (Å²) in [5.74, 6) is 0. The highest BCUT2D eigenvalue weighted by molar-refractivity contribution is 5.46. The van der Waals surface area contributed by atoms with Gasteiger partial charge in [-0.15, -0.1) is 0 Å². The lowest BCUT2D eigenvalue weighted by atomic mass is 10.0. The van der Waals surface area contributed by atoms with E-state index in [0.717, 1.165) is 12.8 Å². The molecule has 0 aromatic heterocycles. The Balaban J connectivity index is 2.01. The molecule has 94 valence electrons. The van der Waals surface area contributed by atoms with E-state index >= 15 is 0 Å². The van der Waals surface area contributed by atoms with Gasteiger partial charge in [0.15, 0.2) is 0 Å². The summed E-state index contributed by atoms with van der Waals surface area (Å²) < 4.78 is 0. The van der Waals surface area contributed by atoms with E-state index in [0.29, 0.717) is 6.04 Å². The summed E-state index contributed by atoms with van der Waals surface area (Å²) in [4.78, 5) is 0. The maximum Gasteiger partial charge on any atom is 0.0345 e. The lowest BCUT2D eigenvalue weighted by molar-refractivity contribution is 0.690. The summed E-state index contributed by atoms with van der Waals surface area (Å²) in [5.41, 5.74) is 3.91. The van der Waals surface area contributed by atoms with Crippen LogP contribution in [0.1, 0.15) is 24.5 Å². The zero-order chi connectivity index (χ0) is 12.8. The minimum Gasteiger partial charge on any atom is -0.382 e. The topological polar surface area (TPSA) is 12.0 Å². The van der Waals surface area contributed by atoms with Crippen molar-refractivity contribution >= 4 is 5.69 Å². The molecule has 1 unspecified atom stereocenters. The molecule has 0 heterocycles. The highest BCUT2D eigenvalue weighted by Crippen LogP contribution is 2.14. The quantitative estimate of drug-likeness (QED) is 0.814. The number of anilines is 1. The second kappa shape index (κ2) is 6.25. The first-order chi connectivity index (χ1) is 8.78. The third-order valence-corrected chi connectivity index (χ3v) is 3.21. The Bertz CT molecular complexity index is 476. The van der Waals surface area contributed by atoms with Crippen LogP contribution in [0.2, 0.25) is 0 Å². The lowest BCUT2D eigenvalue weighted by Gasteiger charge is -2.18. The summed E-state index contributed by atoms with van der Waals surface area (Å²) in [6, 6.07) is 19.7. The molecule has 0 fully saturated rings. The molecule has 2 aromatic carbocycles. The molecule has 2 aromatic rings. The maximum absolute atomic E-state index is 3.62. The fourth-order valence-corrected chi connectivity index (χ4v) is 2.17. The van der Waals surface area contributed by atoms with E-state index in [4.69, 9.17) is 0 Å². The molecule has 0 amide bonds. The summed E-state index contributed by atoms with van der Waals surface area (Å²) in [5, 5.41) is 3.62. The van der Waals surface area contributed by atoms with Crippen molar-refractivity contribution in [3.05, 3.63) is 65.7 Å². The van der Waals surface area contributed by atoms with E-state index in [1.54, 1.807) is 0 Å². The average molecular weight is 239 g/mol. The molecule has 0 saturated carbocycles. The molecule has 2 rings (SSSR count). The Morgan fingerprint density at radius 3 is 2.44 bits per heavy atom. The van der Waals surface area contributed by atoms with Crippen LogP contribution < -0.4 is 5.32 Å². The Kier molecular flexibility index (Phi) is 4.40. The average Bonchev–Trinajstić information content (AvgIpc) is 2.39. The van der Waals surface area contributed by atoms with Gasteiger partial charge in [0.2, 0.25) is 0 Å². The molecule has 0 spiro atoms. The maximum atomic E-state index is 3.62. The lowest BCUT2D eigenvalue weighted by Crippen LogP contribution is -2.21. The van der Waals surface area contributed by atoms with Gasteiger partial charge in [-0.2, -0.15) is 0 Å². The molecule has 0 aliphatic rings. The van der Waals surface area contributed by atoms with E-state index in [-0.39, 0.29) is 0 Å². The van der Waals surface area contributed by atoms with E-state index in [9.17, 15) is 0 Å². The van der Waals surface area contributed by atoms with Gasteiger partial charge in [0, 0.05) is 11.7 Å². The van der Waals surface area contributed by atoms with Crippen LogP contribution >= 0.6 is 0 Å². The fourth-order valence-electron chi connectivity index (χ4n) is 2.17. The first-order valence-corrected chi connectivity index (χ1v) is 6.65. The number of hydrogen-bond acceptors (Lipinski definition) is 1. The first kappa shape index (κ1) is 12.7. The SMILES string of the molecule is CCC(Cc1ccccc1)Nc1cccc(C)c1. The van der Waals surface area contributed by atoms with Crippen LogP contribution in [0.15, 0.2) is 54.6 Å². The van der Waals surface area contributed by atoms with E-state index < -0.39 is 0 Å². The van der Waals surface area contributed by atoms with Gasteiger partial charge < -0.3 is 5.32 Å². The molecule has 1 atom stereocenters. The third kappa shape index (κ3) is 3.63. The van der Waals surface area contributed by atoms with Crippen molar-refractivity contribution in [1.29, 1.82) is 0 Å². The van der Waals surface area contributed by atoms with Gasteiger partial charge in [-0.1, -0.05) is 49.4 Å². The minimum absolute atomic E-state index is 0.495. The van der Waals surface area contributed by atoms with Crippen LogP contribution in [0.5, 0.6) is 0 Å². The second-order valence-corrected chi connectivity index (χ2v) is 4.81. The number of rotatable bonds is 5. The second-order valence-electron chi connectivity index (χ2n) is 4.81. The smallest absolute Gasteiger partial charge is 0.0345 e. The highest BCUT2D eigenvalue weighted by Gasteiger charge is 2.07. The number of hydrogen-bond donors (Lipinski definition) is 1. The Hall–Kier alpha value is -1.76. The van der Waals surface area contributed by atoms with Crippen molar-refractivity contribution < 1.29 is 0 Å². The van der Waals surface area contributed by atoms with Gasteiger partial charge in [0.05, 0.1) is 0 Å². The predicted octanol–water partition coefficient (Wildman–Crippen LogP) is 4.43. The van der Waals surface area contributed by atoms with Gasteiger partial charge in [0.25, 0.3) is 0 Å². The number of nitrogens with one attached hydrogen (secondary N) is 1. The van der Waals surface area contributed by atoms with E-state index in [1.165, 1.54) is 16.8 Å². The van der Waals surface area contributed by atoms with Crippen molar-refractivity contribution in [2.75, 3.05) is 5.32 Å². The minimum atomic E-state index is 0.495. The third-order valence-electron chi connectivity index (χ3n) is 3.21. The van der Waals surface area contributed by atoms with Crippen LogP contribution in [0.25, 0.3) is 0 Å². The zero-order valence-electron chi connectivity index (χ0n) is 11.2. The summed E-state index contributed by atoms with van der Waals surface area (Å²) in [6.07, 6.45) is 2.20. The van der Waals surface area contributed by atoms with Crippen LogP contribution in [0.4, 0.5) is 5.69 Å². The molecule has 0 aliphatic carbocycles. The Morgan fingerprint density at radius 1 is 1.00 bits per heavy atom. The van der Waals surface area contributed by atoms with Gasteiger partial charge in [-0.05, 0) is 43.0 Å². The molecule has 0 saturated heterocycles. The monoisotopic (exact) mass is 239 g/mol. The van der Waals surface area contributed by atoms with Crippen molar-refractivity contribution in [2.24, 2.45) is 0 Å². The van der Waals surface area contributed by atoms with Crippen LogP contribution in [-0.2, 0) is 6.42 Å². The summed E-state index contributed by atoms with van der Waals surface area (Å²) >= 11 is 0. The van der Waals surface area contributed by atoms with Crippen molar-refractivity contribution in [3.63, 3.8) is 0 Å². The van der Waals surface area contributed by atoms with Crippen LogP contribution in [0.3, 0.4) is 0 Å². The largest absolute Gasteiger partial charge is 0.382 e. The Morgan fingerprint density at radius 2 is 1.78 bits per heavy atom. The molecule has 0 radical (unpaired) electrons. The van der Waals surface area contributed by atoms with Crippen LogP contribution in [0, 0.1) is 6.92 Å². The van der Waals surface area contributed by atoms with Crippen molar-refractivity contribution in [3.8, 4) is 0 Å². The van der Waals surface area contributed by atoms with Gasteiger partial charge >= 0.3 is 0 Å². The zero-order valence-corrected chi connectivity index (χ0v) is 11.2. The predicted molar refractivity (Wildman–Crippen MR) is 79.0 cm³/mol. The molecule has 1 nitrogen and oxygen atoms in total. The molecule has 1 N–H and O–H groups in total. The van der Waals surface area contributed by atoms with E-state index in [1.807, 2.05) is 0 Å². The highest BCUT2D eigenvalue weighted by atomic mass is 14.9. The fraction of sp³-hybridized carbons (Fsp3) is 0.294. The molecule has 0 aliphatic heterocycles. The molecule has 18 heavy (non-hydrogen) atoms. The Labute approximate surface area is 110 Å². The van der Waals surface area contributed by atoms with Crippen molar-refractivity contribution in [2.45, 2.75) is 32.7 Å². The van der Waals surface area contributed by atoms with Gasteiger partial charge in [0.1, 0.15) is 0 Å². The normalized spacial score (nSPS) is 12.1. The summed E-state index contributed by atoms with van der Waals surface area (Å²) in [6.45, 7) is 4.36. The molecule has 1 heteroatoms. The number of aryl methyl sites for hydroxylation is 1. The molecular weight excluding hydrogens is 218 g/mol. The molecule has 0 bridgehead atoms. The standard InChI is InChI=1S/C17H21N/c1-3-16(13-15-9-5-4-6-10-15)18-17-11-7-8-14(2)12-17/h4-12,16,18H,3,13H2,1-2H3. The van der Waals surface area contributed by atoms with Gasteiger partial charge in [-0.25, -0.2) is 0 Å². The van der Waals surface area contributed by atoms with Gasteiger partial charge in [-0.3, -0.25) is 0 Å². The summed E-state index contributed by atoms with van der Waals surface area (Å²) in [7, 11) is 0. The number of benzene rings is 2. The van der Waals surface area contributed by atoms with Crippen LogP contribution in [-0.4, -0.2) is 6.04 Å². The first-order valence-electron chi connectivity index (χ1n) is 6.65.